The molecule has 0 aromatic heterocycles. The number of halogens is 2. The largest absolute Gasteiger partial charge is 0.347 e. The molecule has 0 spiro atoms. The topological polar surface area (TPSA) is 40.6 Å². The molecule has 0 radical (unpaired) electrons. The molecule has 0 N–H and O–H groups in total. The zero-order valence-corrected chi connectivity index (χ0v) is 13.5. The lowest BCUT2D eigenvalue weighted by Crippen LogP contribution is -2.40. The van der Waals surface area contributed by atoms with Gasteiger partial charge in [0.25, 0.3) is 5.91 Å². The molecule has 2 amide bonds. The van der Waals surface area contributed by atoms with Gasteiger partial charge in [-0.25, -0.2) is 0 Å². The molecule has 4 nitrogen and oxygen atoms in total. The minimum Gasteiger partial charge on any atom is -0.347 e. The fourth-order valence-corrected chi connectivity index (χ4v) is 2.35. The van der Waals surface area contributed by atoms with Crippen molar-refractivity contribution in [2.45, 2.75) is 6.92 Å². The Hall–Kier alpha value is -1.07. The predicted molar refractivity (Wildman–Crippen MR) is 79.4 cm³/mol. The number of amides is 2. The molecule has 1 aromatic rings. The van der Waals surface area contributed by atoms with Crippen molar-refractivity contribution in [2.75, 3.05) is 27.2 Å². The second-order valence-corrected chi connectivity index (χ2v) is 5.62. The maximum absolute atomic E-state index is 12.3. The first-order valence-corrected chi connectivity index (χ1v) is 6.97. The van der Waals surface area contributed by atoms with Gasteiger partial charge in [-0.15, -0.1) is 0 Å². The van der Waals surface area contributed by atoms with E-state index in [2.05, 4.69) is 15.9 Å². The summed E-state index contributed by atoms with van der Waals surface area (Å²) >= 11 is 9.22. The van der Waals surface area contributed by atoms with Gasteiger partial charge in [0.2, 0.25) is 5.91 Å². The van der Waals surface area contributed by atoms with Gasteiger partial charge in [0.1, 0.15) is 0 Å². The summed E-state index contributed by atoms with van der Waals surface area (Å²) in [6, 6.07) is 4.99. The fraction of sp³-hybridized carbons (Fsp3) is 0.385. The normalized spacial score (nSPS) is 10.2. The number of likely N-dealkylation sites (N-methyl/N-ethyl adjacent to an activating group) is 2. The van der Waals surface area contributed by atoms with E-state index in [4.69, 9.17) is 11.6 Å². The Bertz CT molecular complexity index is 471. The van der Waals surface area contributed by atoms with Gasteiger partial charge in [-0.3, -0.25) is 9.59 Å². The van der Waals surface area contributed by atoms with Gasteiger partial charge in [-0.2, -0.15) is 0 Å². The molecule has 0 fully saturated rings. The molecule has 0 aliphatic heterocycles. The van der Waals surface area contributed by atoms with Gasteiger partial charge in [0.15, 0.2) is 0 Å². The van der Waals surface area contributed by atoms with Crippen molar-refractivity contribution < 1.29 is 9.59 Å². The van der Waals surface area contributed by atoms with E-state index < -0.39 is 0 Å². The number of carbonyl (C=O) groups excluding carboxylic acids is 2. The Labute approximate surface area is 126 Å². The molecule has 0 unspecified atom stereocenters. The van der Waals surface area contributed by atoms with Crippen molar-refractivity contribution in [3.63, 3.8) is 0 Å². The Balaban J connectivity index is 2.92. The first-order chi connectivity index (χ1) is 8.85. The molecule has 0 saturated heterocycles. The van der Waals surface area contributed by atoms with Crippen LogP contribution in [0.4, 0.5) is 0 Å². The van der Waals surface area contributed by atoms with Crippen molar-refractivity contribution in [1.82, 2.24) is 9.80 Å². The highest BCUT2D eigenvalue weighted by atomic mass is 79.9. The van der Waals surface area contributed by atoms with Crippen LogP contribution in [0.2, 0.25) is 5.02 Å². The van der Waals surface area contributed by atoms with Gasteiger partial charge < -0.3 is 9.80 Å². The molecule has 0 aliphatic rings. The van der Waals surface area contributed by atoms with Crippen LogP contribution in [0.25, 0.3) is 0 Å². The van der Waals surface area contributed by atoms with Crippen LogP contribution >= 0.6 is 27.5 Å². The van der Waals surface area contributed by atoms with E-state index >= 15 is 0 Å². The predicted octanol–water partition coefficient (Wildman–Crippen LogP) is 2.65. The second kappa shape index (κ2) is 6.91. The number of hydrogen-bond acceptors (Lipinski definition) is 2. The Kier molecular flexibility index (Phi) is 5.82. The van der Waals surface area contributed by atoms with E-state index in [9.17, 15) is 9.59 Å². The van der Waals surface area contributed by atoms with Gasteiger partial charge in [-0.05, 0) is 25.1 Å². The first kappa shape index (κ1) is 16.0. The van der Waals surface area contributed by atoms with Gasteiger partial charge >= 0.3 is 0 Å². The van der Waals surface area contributed by atoms with Crippen LogP contribution in [0, 0.1) is 0 Å². The maximum atomic E-state index is 12.3. The lowest BCUT2D eigenvalue weighted by atomic mass is 10.2. The van der Waals surface area contributed by atoms with E-state index in [1.54, 1.807) is 32.3 Å². The van der Waals surface area contributed by atoms with Crippen LogP contribution in [0.3, 0.4) is 0 Å². The molecule has 0 aliphatic carbocycles. The summed E-state index contributed by atoms with van der Waals surface area (Å²) in [6.45, 7) is 2.36. The molecule has 1 aromatic carbocycles. The monoisotopic (exact) mass is 346 g/mol. The van der Waals surface area contributed by atoms with E-state index in [1.807, 2.05) is 6.92 Å². The number of benzene rings is 1. The third kappa shape index (κ3) is 4.51. The van der Waals surface area contributed by atoms with Crippen LogP contribution in [0.1, 0.15) is 17.3 Å². The van der Waals surface area contributed by atoms with Crippen molar-refractivity contribution in [3.8, 4) is 0 Å². The van der Waals surface area contributed by atoms with Crippen molar-refractivity contribution >= 4 is 39.3 Å². The maximum Gasteiger partial charge on any atom is 0.254 e. The van der Waals surface area contributed by atoms with Crippen molar-refractivity contribution in [3.05, 3.63) is 33.3 Å². The van der Waals surface area contributed by atoms with Crippen LogP contribution < -0.4 is 0 Å². The van der Waals surface area contributed by atoms with Crippen LogP contribution in [0.5, 0.6) is 0 Å². The Morgan fingerprint density at radius 1 is 1.26 bits per heavy atom. The van der Waals surface area contributed by atoms with Crippen LogP contribution in [-0.4, -0.2) is 48.8 Å². The lowest BCUT2D eigenvalue weighted by molar-refractivity contribution is -0.129. The SMILES string of the molecule is CCN(CC(=O)N(C)C)C(=O)c1cc(Cl)cc(Br)c1. The quantitative estimate of drug-likeness (QED) is 0.840. The van der Waals surface area contributed by atoms with Crippen LogP contribution in [0.15, 0.2) is 22.7 Å². The average Bonchev–Trinajstić information content (AvgIpc) is 2.33. The summed E-state index contributed by atoms with van der Waals surface area (Å²) in [5, 5.41) is 0.479. The van der Waals surface area contributed by atoms with Crippen molar-refractivity contribution in [2.24, 2.45) is 0 Å². The highest BCUT2D eigenvalue weighted by Gasteiger charge is 2.18. The molecule has 0 bridgehead atoms. The summed E-state index contributed by atoms with van der Waals surface area (Å²) < 4.78 is 0.735. The highest BCUT2D eigenvalue weighted by Crippen LogP contribution is 2.20. The fourth-order valence-electron chi connectivity index (χ4n) is 1.49. The minimum absolute atomic E-state index is 0.0620. The molecule has 1 rings (SSSR count). The molecule has 19 heavy (non-hydrogen) atoms. The summed E-state index contributed by atoms with van der Waals surface area (Å²) in [5.41, 5.74) is 0.466. The third-order valence-electron chi connectivity index (χ3n) is 2.60. The standard InChI is InChI=1S/C13H16BrClN2O2/c1-4-17(8-12(18)16(2)3)13(19)9-5-10(14)7-11(15)6-9/h5-7H,4,8H2,1-3H3. The molecular formula is C13H16BrClN2O2. The molecule has 104 valence electrons. The van der Waals surface area contributed by atoms with Crippen molar-refractivity contribution in [1.29, 1.82) is 0 Å². The summed E-state index contributed by atoms with van der Waals surface area (Å²) in [7, 11) is 3.33. The minimum atomic E-state index is -0.207. The van der Waals surface area contributed by atoms with E-state index in [0.29, 0.717) is 17.1 Å². The molecule has 6 heteroatoms. The second-order valence-electron chi connectivity index (χ2n) is 4.27. The van der Waals surface area contributed by atoms with Crippen LogP contribution in [-0.2, 0) is 4.79 Å². The van der Waals surface area contributed by atoms with E-state index in [0.717, 1.165) is 4.47 Å². The summed E-state index contributed by atoms with van der Waals surface area (Å²) in [6.07, 6.45) is 0. The first-order valence-electron chi connectivity index (χ1n) is 5.80. The van der Waals surface area contributed by atoms with Gasteiger partial charge in [0, 0.05) is 35.7 Å². The van der Waals surface area contributed by atoms with Gasteiger partial charge in [0.05, 0.1) is 6.54 Å². The molecule has 0 heterocycles. The van der Waals surface area contributed by atoms with Gasteiger partial charge in [-0.1, -0.05) is 27.5 Å². The number of nitrogens with zero attached hydrogens (tertiary/aromatic N) is 2. The van der Waals surface area contributed by atoms with E-state index in [-0.39, 0.29) is 18.4 Å². The molecule has 0 saturated carbocycles. The molecule has 0 atom stereocenters. The summed E-state index contributed by atoms with van der Waals surface area (Å²) in [4.78, 5) is 26.9. The average molecular weight is 348 g/mol. The third-order valence-corrected chi connectivity index (χ3v) is 3.28. The zero-order chi connectivity index (χ0) is 14.6. The number of rotatable bonds is 4. The van der Waals surface area contributed by atoms with E-state index in [1.165, 1.54) is 9.80 Å². The Morgan fingerprint density at radius 3 is 2.37 bits per heavy atom. The number of hydrogen-bond donors (Lipinski definition) is 0. The lowest BCUT2D eigenvalue weighted by Gasteiger charge is -2.22. The molecular weight excluding hydrogens is 332 g/mol. The summed E-state index contributed by atoms with van der Waals surface area (Å²) in [5.74, 6) is -0.322. The number of carbonyl (C=O) groups is 2. The highest BCUT2D eigenvalue weighted by molar-refractivity contribution is 9.10. The zero-order valence-electron chi connectivity index (χ0n) is 11.1. The Morgan fingerprint density at radius 2 is 1.89 bits per heavy atom. The smallest absolute Gasteiger partial charge is 0.254 e.